The third kappa shape index (κ3) is 5.30. The van der Waals surface area contributed by atoms with Gasteiger partial charge in [-0.05, 0) is 55.5 Å². The molecule has 2 heterocycles. The topological polar surface area (TPSA) is 71.8 Å². The first-order valence-electron chi connectivity index (χ1n) is 10.7. The SMILES string of the molecule is Cc1cc(C)n(CC(=O)N/N=C\C2=C(N3CCOCC3)C(=Cc3ccccc3)CC2)n1. The highest BCUT2D eigenvalue weighted by atomic mass is 16.5. The van der Waals surface area contributed by atoms with Gasteiger partial charge in [0.1, 0.15) is 6.54 Å². The van der Waals surface area contributed by atoms with Crippen LogP contribution in [0.25, 0.3) is 6.08 Å². The van der Waals surface area contributed by atoms with Crippen LogP contribution >= 0.6 is 0 Å². The Kier molecular flexibility index (Phi) is 6.62. The first-order valence-corrected chi connectivity index (χ1v) is 10.7. The molecule has 0 saturated carbocycles. The number of hydrogen-bond acceptors (Lipinski definition) is 5. The highest BCUT2D eigenvalue weighted by Crippen LogP contribution is 2.34. The Morgan fingerprint density at radius 2 is 1.97 bits per heavy atom. The van der Waals surface area contributed by atoms with Crippen LogP contribution in [0.1, 0.15) is 29.8 Å². The highest BCUT2D eigenvalue weighted by molar-refractivity contribution is 5.85. The van der Waals surface area contributed by atoms with Gasteiger partial charge < -0.3 is 9.64 Å². The molecule has 1 aromatic heterocycles. The van der Waals surface area contributed by atoms with Crippen LogP contribution in [0.2, 0.25) is 0 Å². The summed E-state index contributed by atoms with van der Waals surface area (Å²) in [7, 11) is 0. The van der Waals surface area contributed by atoms with E-state index >= 15 is 0 Å². The summed E-state index contributed by atoms with van der Waals surface area (Å²) in [5, 5.41) is 8.59. The third-order valence-corrected chi connectivity index (χ3v) is 5.55. The summed E-state index contributed by atoms with van der Waals surface area (Å²) in [5.41, 5.74) is 9.39. The molecule has 162 valence electrons. The molecule has 0 unspecified atom stereocenters. The Morgan fingerprint density at radius 1 is 1.19 bits per heavy atom. The fourth-order valence-electron chi connectivity index (χ4n) is 4.11. The lowest BCUT2D eigenvalue weighted by molar-refractivity contribution is -0.121. The second-order valence-electron chi connectivity index (χ2n) is 7.93. The maximum absolute atomic E-state index is 12.3. The monoisotopic (exact) mass is 419 g/mol. The zero-order chi connectivity index (χ0) is 21.6. The van der Waals surface area contributed by atoms with Crippen molar-refractivity contribution in [2.75, 3.05) is 26.3 Å². The Balaban J connectivity index is 1.50. The van der Waals surface area contributed by atoms with E-state index in [1.165, 1.54) is 16.8 Å². The Labute approximate surface area is 183 Å². The lowest BCUT2D eigenvalue weighted by Gasteiger charge is -2.31. The minimum absolute atomic E-state index is 0.158. The summed E-state index contributed by atoms with van der Waals surface area (Å²) in [5.74, 6) is -0.186. The second-order valence-corrected chi connectivity index (χ2v) is 7.93. The zero-order valence-corrected chi connectivity index (χ0v) is 18.2. The van der Waals surface area contributed by atoms with Crippen LogP contribution < -0.4 is 5.43 Å². The number of nitrogens with zero attached hydrogens (tertiary/aromatic N) is 4. The third-order valence-electron chi connectivity index (χ3n) is 5.55. The molecule has 1 aliphatic heterocycles. The van der Waals surface area contributed by atoms with Crippen LogP contribution in [0.3, 0.4) is 0 Å². The molecule has 1 aliphatic carbocycles. The average Bonchev–Trinajstić information content (AvgIpc) is 3.31. The summed E-state index contributed by atoms with van der Waals surface area (Å²) in [4.78, 5) is 14.7. The minimum atomic E-state index is -0.186. The van der Waals surface area contributed by atoms with Gasteiger partial charge in [0.25, 0.3) is 5.91 Å². The van der Waals surface area contributed by atoms with Crippen molar-refractivity contribution in [2.45, 2.75) is 33.2 Å². The summed E-state index contributed by atoms with van der Waals surface area (Å²) in [6.07, 6.45) is 5.92. The first-order chi connectivity index (χ1) is 15.1. The fourth-order valence-corrected chi connectivity index (χ4v) is 4.11. The molecule has 1 aromatic carbocycles. The molecular weight excluding hydrogens is 390 g/mol. The van der Waals surface area contributed by atoms with Crippen molar-refractivity contribution >= 4 is 18.2 Å². The molecule has 1 saturated heterocycles. The number of allylic oxidation sites excluding steroid dienone is 2. The molecule has 0 radical (unpaired) electrons. The van der Waals surface area contributed by atoms with Crippen molar-refractivity contribution in [1.29, 1.82) is 0 Å². The molecule has 0 atom stereocenters. The summed E-state index contributed by atoms with van der Waals surface area (Å²) >= 11 is 0. The van der Waals surface area contributed by atoms with Gasteiger partial charge in [0.2, 0.25) is 0 Å². The summed E-state index contributed by atoms with van der Waals surface area (Å²) < 4.78 is 7.24. The van der Waals surface area contributed by atoms with Gasteiger partial charge in [0.15, 0.2) is 0 Å². The van der Waals surface area contributed by atoms with Gasteiger partial charge in [0, 0.05) is 24.5 Å². The predicted molar refractivity (Wildman–Crippen MR) is 121 cm³/mol. The molecule has 0 spiro atoms. The van der Waals surface area contributed by atoms with Crippen molar-refractivity contribution in [3.05, 3.63) is 70.2 Å². The first kappa shape index (κ1) is 21.1. The van der Waals surface area contributed by atoms with E-state index in [0.29, 0.717) is 0 Å². The number of morpholine rings is 1. The molecular formula is C24H29N5O2. The van der Waals surface area contributed by atoms with E-state index in [9.17, 15) is 4.79 Å². The largest absolute Gasteiger partial charge is 0.378 e. The lowest BCUT2D eigenvalue weighted by atomic mass is 10.1. The van der Waals surface area contributed by atoms with Crippen molar-refractivity contribution in [3.63, 3.8) is 0 Å². The van der Waals surface area contributed by atoms with E-state index in [1.807, 2.05) is 26.0 Å². The highest BCUT2D eigenvalue weighted by Gasteiger charge is 2.25. The molecule has 1 N–H and O–H groups in total. The predicted octanol–water partition coefficient (Wildman–Crippen LogP) is 3.07. The number of aryl methyl sites for hydroxylation is 2. The number of benzene rings is 1. The quantitative estimate of drug-likeness (QED) is 0.577. The van der Waals surface area contributed by atoms with Gasteiger partial charge in [-0.3, -0.25) is 9.48 Å². The molecule has 7 nitrogen and oxygen atoms in total. The molecule has 7 heteroatoms. The summed E-state index contributed by atoms with van der Waals surface area (Å²) in [6.45, 7) is 7.20. The second kappa shape index (κ2) is 9.75. The number of hydrazone groups is 1. The van der Waals surface area contributed by atoms with Crippen molar-refractivity contribution in [2.24, 2.45) is 5.10 Å². The maximum Gasteiger partial charge on any atom is 0.261 e. The van der Waals surface area contributed by atoms with Gasteiger partial charge in [-0.25, -0.2) is 5.43 Å². The van der Waals surface area contributed by atoms with Crippen LogP contribution in [0.15, 0.2) is 58.3 Å². The number of hydrogen-bond donors (Lipinski definition) is 1. The Morgan fingerprint density at radius 3 is 2.68 bits per heavy atom. The van der Waals surface area contributed by atoms with E-state index in [2.05, 4.69) is 50.9 Å². The van der Waals surface area contributed by atoms with Crippen molar-refractivity contribution in [1.82, 2.24) is 20.1 Å². The molecule has 31 heavy (non-hydrogen) atoms. The van der Waals surface area contributed by atoms with E-state index in [-0.39, 0.29) is 12.5 Å². The number of carbonyl (C=O) groups is 1. The molecule has 2 aliphatic rings. The lowest BCUT2D eigenvalue weighted by Crippen LogP contribution is -2.36. The van der Waals surface area contributed by atoms with Crippen molar-refractivity contribution < 1.29 is 9.53 Å². The van der Waals surface area contributed by atoms with Crippen LogP contribution in [0, 0.1) is 13.8 Å². The standard InChI is InChI=1S/C24H29N5O2/c1-18-14-19(2)29(27-18)17-23(30)26-25-16-22-9-8-21(15-20-6-4-3-5-7-20)24(22)28-10-12-31-13-11-28/h3-7,14-16H,8-13,17H2,1-2H3,(H,26,30)/b21-15?,25-16-. The Hall–Kier alpha value is -3.19. The maximum atomic E-state index is 12.3. The van der Waals surface area contributed by atoms with Gasteiger partial charge in [-0.2, -0.15) is 10.2 Å². The van der Waals surface area contributed by atoms with Crippen LogP contribution in [-0.2, 0) is 16.1 Å². The zero-order valence-electron chi connectivity index (χ0n) is 18.2. The molecule has 2 aromatic rings. The summed E-state index contributed by atoms with van der Waals surface area (Å²) in [6, 6.07) is 12.3. The van der Waals surface area contributed by atoms with E-state index in [0.717, 1.165) is 56.1 Å². The minimum Gasteiger partial charge on any atom is -0.378 e. The van der Waals surface area contributed by atoms with E-state index in [4.69, 9.17) is 4.74 Å². The average molecular weight is 420 g/mol. The van der Waals surface area contributed by atoms with Gasteiger partial charge in [-0.15, -0.1) is 0 Å². The number of nitrogens with one attached hydrogen (secondary N) is 1. The van der Waals surface area contributed by atoms with Crippen LogP contribution in [-0.4, -0.2) is 53.1 Å². The van der Waals surface area contributed by atoms with Gasteiger partial charge in [0.05, 0.1) is 25.1 Å². The molecule has 0 bridgehead atoms. The van der Waals surface area contributed by atoms with Crippen LogP contribution in [0.5, 0.6) is 0 Å². The Bertz CT molecular complexity index is 1010. The van der Waals surface area contributed by atoms with Gasteiger partial charge >= 0.3 is 0 Å². The fraction of sp³-hybridized carbons (Fsp3) is 0.375. The number of ether oxygens (including phenoxy) is 1. The number of rotatable bonds is 6. The normalized spacial score (nSPS) is 18.4. The molecule has 4 rings (SSSR count). The van der Waals surface area contributed by atoms with E-state index in [1.54, 1.807) is 10.9 Å². The van der Waals surface area contributed by atoms with E-state index < -0.39 is 0 Å². The number of aromatic nitrogens is 2. The number of amides is 1. The van der Waals surface area contributed by atoms with Crippen LogP contribution in [0.4, 0.5) is 0 Å². The smallest absolute Gasteiger partial charge is 0.261 e. The van der Waals surface area contributed by atoms with Gasteiger partial charge in [-0.1, -0.05) is 30.3 Å². The molecule has 1 amide bonds. The van der Waals surface area contributed by atoms with Crippen molar-refractivity contribution in [3.8, 4) is 0 Å². The molecule has 1 fully saturated rings. The number of carbonyl (C=O) groups excluding carboxylic acids is 1.